The van der Waals surface area contributed by atoms with Gasteiger partial charge in [0, 0.05) is 22.2 Å². The molecule has 3 aromatic rings. The number of carbonyl (C=O) groups excluding carboxylic acids is 2. The van der Waals surface area contributed by atoms with Gasteiger partial charge in [0.15, 0.2) is 11.6 Å². The maximum atomic E-state index is 13.9. The number of Topliss-reactive ketones (excluding diaryl/α,β-unsaturated/α-hetero) is 1. The Bertz CT molecular complexity index is 1210. The molecule has 2 heterocycles. The van der Waals surface area contributed by atoms with Gasteiger partial charge in [-0.25, -0.2) is 8.78 Å². The van der Waals surface area contributed by atoms with Crippen molar-refractivity contribution in [1.82, 2.24) is 0 Å². The van der Waals surface area contributed by atoms with Crippen LogP contribution in [-0.4, -0.2) is 16.8 Å². The number of hydrogen-bond acceptors (Lipinski definition) is 4. The Kier molecular flexibility index (Phi) is 5.45. The summed E-state index contributed by atoms with van der Waals surface area (Å²) in [5, 5.41) is 12.9. The van der Waals surface area contributed by atoms with Crippen molar-refractivity contribution in [1.29, 1.82) is 0 Å². The minimum absolute atomic E-state index is 0.0409. The minimum Gasteiger partial charge on any atom is -0.507 e. The van der Waals surface area contributed by atoms with Crippen molar-refractivity contribution < 1.29 is 23.5 Å². The second-order valence-corrected chi connectivity index (χ2v) is 8.23. The van der Waals surface area contributed by atoms with Crippen molar-refractivity contribution >= 4 is 34.5 Å². The van der Waals surface area contributed by atoms with E-state index in [0.29, 0.717) is 10.4 Å². The highest BCUT2D eigenvalue weighted by Gasteiger charge is 2.48. The lowest BCUT2D eigenvalue weighted by Crippen LogP contribution is -2.29. The fraction of sp³-hybridized carbons (Fsp3) is 0.167. The number of nitrogens with zero attached hydrogens (tertiary/aromatic N) is 1. The molecule has 1 fully saturated rings. The third-order valence-corrected chi connectivity index (χ3v) is 6.48. The monoisotopic (exact) mass is 439 g/mol. The van der Waals surface area contributed by atoms with Crippen molar-refractivity contribution in [2.75, 3.05) is 4.90 Å². The topological polar surface area (TPSA) is 57.6 Å². The molecule has 2 aromatic carbocycles. The number of amides is 1. The molecular weight excluding hydrogens is 420 g/mol. The number of aliphatic hydroxyl groups is 1. The quantitative estimate of drug-likeness (QED) is 0.331. The number of aliphatic hydroxyl groups excluding tert-OH is 1. The summed E-state index contributed by atoms with van der Waals surface area (Å²) in [5.74, 6) is -4.27. The molecule has 1 aromatic heterocycles. The number of hydrogen-bond donors (Lipinski definition) is 1. The van der Waals surface area contributed by atoms with E-state index in [1.807, 2.05) is 37.4 Å². The van der Waals surface area contributed by atoms with E-state index in [4.69, 9.17) is 0 Å². The van der Waals surface area contributed by atoms with E-state index in [9.17, 15) is 23.5 Å². The average Bonchev–Trinajstić information content (AvgIpc) is 3.30. The lowest BCUT2D eigenvalue weighted by molar-refractivity contribution is -0.132. The van der Waals surface area contributed by atoms with Crippen LogP contribution in [0.3, 0.4) is 0 Å². The van der Waals surface area contributed by atoms with E-state index in [2.05, 4.69) is 0 Å². The molecule has 0 saturated carbocycles. The molecule has 0 aliphatic carbocycles. The second kappa shape index (κ2) is 8.07. The summed E-state index contributed by atoms with van der Waals surface area (Å²) in [6.07, 6.45) is 0.815. The van der Waals surface area contributed by atoms with Gasteiger partial charge in [-0.05, 0) is 48.1 Å². The smallest absolute Gasteiger partial charge is 0.300 e. The van der Waals surface area contributed by atoms with E-state index in [-0.39, 0.29) is 17.0 Å². The number of aryl methyl sites for hydroxylation is 2. The van der Waals surface area contributed by atoms with Crippen molar-refractivity contribution in [2.24, 2.45) is 0 Å². The summed E-state index contributed by atoms with van der Waals surface area (Å²) in [6.45, 7) is 3.83. The number of benzene rings is 2. The Morgan fingerprint density at radius 2 is 1.77 bits per heavy atom. The average molecular weight is 439 g/mol. The molecule has 4 nitrogen and oxygen atoms in total. The predicted octanol–water partition coefficient (Wildman–Crippen LogP) is 5.52. The van der Waals surface area contributed by atoms with Gasteiger partial charge in [0.05, 0.1) is 5.57 Å². The SMILES string of the molecule is CCc1ccc(/C(O)=C2/C(=O)C(=O)N(c3ccc(F)c(F)c3)C2c2sccc2C)cc1. The minimum atomic E-state index is -1.13. The van der Waals surface area contributed by atoms with Gasteiger partial charge in [-0.15, -0.1) is 11.3 Å². The molecule has 158 valence electrons. The maximum Gasteiger partial charge on any atom is 0.300 e. The number of carbonyl (C=O) groups is 2. The van der Waals surface area contributed by atoms with Crippen LogP contribution in [0.25, 0.3) is 5.76 Å². The molecule has 1 N–H and O–H groups in total. The molecule has 1 unspecified atom stereocenters. The van der Waals surface area contributed by atoms with Gasteiger partial charge in [0.1, 0.15) is 11.8 Å². The van der Waals surface area contributed by atoms with E-state index >= 15 is 0 Å². The normalized spacial score (nSPS) is 18.1. The fourth-order valence-electron chi connectivity index (χ4n) is 3.70. The van der Waals surface area contributed by atoms with Crippen LogP contribution in [0.15, 0.2) is 59.5 Å². The zero-order valence-corrected chi connectivity index (χ0v) is 17.7. The Morgan fingerprint density at radius 1 is 1.06 bits per heavy atom. The summed E-state index contributed by atoms with van der Waals surface area (Å²) in [7, 11) is 0. The highest BCUT2D eigenvalue weighted by Crippen LogP contribution is 2.45. The first-order chi connectivity index (χ1) is 14.8. The Hall–Kier alpha value is -3.32. The van der Waals surface area contributed by atoms with Crippen molar-refractivity contribution in [3.8, 4) is 0 Å². The van der Waals surface area contributed by atoms with Crippen LogP contribution < -0.4 is 4.90 Å². The Morgan fingerprint density at radius 3 is 2.35 bits per heavy atom. The number of halogens is 2. The number of anilines is 1. The van der Waals surface area contributed by atoms with Crippen LogP contribution in [0.1, 0.15) is 34.5 Å². The fourth-order valence-corrected chi connectivity index (χ4v) is 4.72. The first kappa shape index (κ1) is 20.9. The van der Waals surface area contributed by atoms with Gasteiger partial charge < -0.3 is 5.11 Å². The first-order valence-corrected chi connectivity index (χ1v) is 10.6. The molecule has 0 spiro atoms. The van der Waals surface area contributed by atoms with Crippen LogP contribution in [0.2, 0.25) is 0 Å². The molecule has 1 amide bonds. The summed E-state index contributed by atoms with van der Waals surface area (Å²) < 4.78 is 27.4. The molecule has 1 atom stereocenters. The summed E-state index contributed by atoms with van der Waals surface area (Å²) >= 11 is 1.32. The van der Waals surface area contributed by atoms with Crippen molar-refractivity contribution in [3.63, 3.8) is 0 Å². The highest BCUT2D eigenvalue weighted by atomic mass is 32.1. The molecular formula is C24H19F2NO3S. The maximum absolute atomic E-state index is 13.9. The second-order valence-electron chi connectivity index (χ2n) is 7.29. The van der Waals surface area contributed by atoms with Crippen LogP contribution in [0.5, 0.6) is 0 Å². The molecule has 1 aliphatic rings. The zero-order valence-electron chi connectivity index (χ0n) is 16.9. The van der Waals surface area contributed by atoms with Crippen LogP contribution in [-0.2, 0) is 16.0 Å². The largest absolute Gasteiger partial charge is 0.507 e. The van der Waals surface area contributed by atoms with Crippen molar-refractivity contribution in [3.05, 3.63) is 92.7 Å². The summed E-state index contributed by atoms with van der Waals surface area (Å²) in [6, 6.07) is 11.0. The Labute approximate surface area is 182 Å². The third kappa shape index (κ3) is 3.55. The molecule has 0 radical (unpaired) electrons. The van der Waals surface area contributed by atoms with Gasteiger partial charge in [-0.2, -0.15) is 0 Å². The summed E-state index contributed by atoms with van der Waals surface area (Å²) in [4.78, 5) is 27.8. The molecule has 4 rings (SSSR count). The van der Waals surface area contributed by atoms with Crippen molar-refractivity contribution in [2.45, 2.75) is 26.3 Å². The number of rotatable bonds is 4. The van der Waals surface area contributed by atoms with Gasteiger partial charge in [0.2, 0.25) is 0 Å². The zero-order chi connectivity index (χ0) is 22.3. The van der Waals surface area contributed by atoms with E-state index in [1.165, 1.54) is 17.4 Å². The number of ketones is 1. The van der Waals surface area contributed by atoms with Gasteiger partial charge in [0.25, 0.3) is 11.7 Å². The molecule has 7 heteroatoms. The van der Waals surface area contributed by atoms with Gasteiger partial charge >= 0.3 is 0 Å². The van der Waals surface area contributed by atoms with Gasteiger partial charge in [-0.3, -0.25) is 14.5 Å². The predicted molar refractivity (Wildman–Crippen MR) is 116 cm³/mol. The lowest BCUT2D eigenvalue weighted by Gasteiger charge is -2.25. The molecule has 0 bridgehead atoms. The van der Waals surface area contributed by atoms with Crippen LogP contribution in [0, 0.1) is 18.6 Å². The molecule has 1 aliphatic heterocycles. The van der Waals surface area contributed by atoms with Crippen LogP contribution in [0.4, 0.5) is 14.5 Å². The molecule has 31 heavy (non-hydrogen) atoms. The molecule has 1 saturated heterocycles. The standard InChI is InChI=1S/C24H19F2NO3S/c1-3-14-4-6-15(7-5-14)21(28)19-20(23-13(2)10-11-31-23)27(24(30)22(19)29)16-8-9-17(25)18(26)12-16/h4-12,20,28H,3H2,1-2H3/b21-19-. The van der Waals surface area contributed by atoms with E-state index in [0.717, 1.165) is 34.6 Å². The lowest BCUT2D eigenvalue weighted by atomic mass is 9.97. The first-order valence-electron chi connectivity index (χ1n) is 9.72. The van der Waals surface area contributed by atoms with E-state index in [1.54, 1.807) is 12.1 Å². The third-order valence-electron chi connectivity index (χ3n) is 5.41. The van der Waals surface area contributed by atoms with E-state index < -0.39 is 29.4 Å². The number of thiophene rings is 1. The Balaban J connectivity index is 1.93. The highest BCUT2D eigenvalue weighted by molar-refractivity contribution is 7.10. The van der Waals surface area contributed by atoms with Gasteiger partial charge in [-0.1, -0.05) is 31.2 Å². The summed E-state index contributed by atoms with van der Waals surface area (Å²) in [5.41, 5.74) is 2.24. The van der Waals surface area contributed by atoms with Crippen LogP contribution >= 0.6 is 11.3 Å².